The zero-order valence-electron chi connectivity index (χ0n) is 9.16. The van der Waals surface area contributed by atoms with Crippen LogP contribution in [0.5, 0.6) is 0 Å². The topological polar surface area (TPSA) is 28.2 Å². The van der Waals surface area contributed by atoms with Gasteiger partial charge in [-0.05, 0) is 37.8 Å². The van der Waals surface area contributed by atoms with Crippen LogP contribution in [0.2, 0.25) is 0 Å². The van der Waals surface area contributed by atoms with Gasteiger partial charge in [0.2, 0.25) is 0 Å². The van der Waals surface area contributed by atoms with E-state index in [-0.39, 0.29) is 0 Å². The van der Waals surface area contributed by atoms with E-state index >= 15 is 0 Å². The Bertz CT molecular complexity index is 354. The third kappa shape index (κ3) is 1.37. The van der Waals surface area contributed by atoms with Gasteiger partial charge in [-0.3, -0.25) is 0 Å². The maximum Gasteiger partial charge on any atom is 0.129 e. The molecule has 0 unspecified atom stereocenters. The third-order valence-corrected chi connectivity index (χ3v) is 3.74. The van der Waals surface area contributed by atoms with Gasteiger partial charge in [-0.25, -0.2) is 4.98 Å². The number of hydrogen-bond donors (Lipinski definition) is 1. The minimum Gasteiger partial charge on any atom is -0.387 e. The molecule has 2 aliphatic rings. The van der Waals surface area contributed by atoms with Crippen LogP contribution >= 0.6 is 0 Å². The van der Waals surface area contributed by atoms with Crippen molar-refractivity contribution in [3.8, 4) is 0 Å². The van der Waals surface area contributed by atoms with Gasteiger partial charge in [0, 0.05) is 19.1 Å². The van der Waals surface area contributed by atoms with Gasteiger partial charge in [0.15, 0.2) is 0 Å². The Morgan fingerprint density at radius 3 is 2.80 bits per heavy atom. The van der Waals surface area contributed by atoms with E-state index in [0.29, 0.717) is 5.54 Å². The minimum atomic E-state index is 0.508. The second-order valence-electron chi connectivity index (χ2n) is 4.63. The van der Waals surface area contributed by atoms with Crippen LogP contribution in [0.25, 0.3) is 0 Å². The normalized spacial score (nSPS) is 22.1. The summed E-state index contributed by atoms with van der Waals surface area (Å²) in [5.74, 6) is 1.16. The number of nitrogens with one attached hydrogen (secondary N) is 1. The summed E-state index contributed by atoms with van der Waals surface area (Å²) in [6, 6.07) is 4.24. The molecule has 3 heteroatoms. The van der Waals surface area contributed by atoms with Crippen LogP contribution in [0, 0.1) is 0 Å². The number of aromatic nitrogens is 1. The highest BCUT2D eigenvalue weighted by atomic mass is 15.3. The predicted octanol–water partition coefficient (Wildman–Crippen LogP) is 2.26. The number of rotatable bonds is 2. The molecular formula is C12H17N3. The number of anilines is 2. The van der Waals surface area contributed by atoms with Crippen LogP contribution in [0.15, 0.2) is 18.3 Å². The van der Waals surface area contributed by atoms with Gasteiger partial charge in [-0.15, -0.1) is 0 Å². The molecule has 80 valence electrons. The molecule has 1 N–H and O–H groups in total. The molecule has 1 saturated heterocycles. The Morgan fingerprint density at radius 2 is 2.20 bits per heavy atom. The second-order valence-corrected chi connectivity index (χ2v) is 4.63. The molecule has 1 spiro atoms. The van der Waals surface area contributed by atoms with Crippen molar-refractivity contribution < 1.29 is 0 Å². The smallest absolute Gasteiger partial charge is 0.129 e. The summed E-state index contributed by atoms with van der Waals surface area (Å²) in [5.41, 5.74) is 1.59. The fourth-order valence-corrected chi connectivity index (χ4v) is 2.65. The Balaban J connectivity index is 1.86. The summed E-state index contributed by atoms with van der Waals surface area (Å²) in [6.07, 6.45) is 7.34. The largest absolute Gasteiger partial charge is 0.387 e. The van der Waals surface area contributed by atoms with E-state index in [1.165, 1.54) is 32.2 Å². The molecule has 15 heavy (non-hydrogen) atoms. The number of nitrogens with zero attached hydrogens (tertiary/aromatic N) is 2. The zero-order chi connectivity index (χ0) is 10.3. The first kappa shape index (κ1) is 9.01. The first-order chi connectivity index (χ1) is 7.34. The standard InChI is InChI=1S/C12H17N3/c1-13-10-3-4-11(14-9-10)15-8-2-5-12(15)6-7-12/h3-4,9,13H,2,5-8H2,1H3. The lowest BCUT2D eigenvalue weighted by Crippen LogP contribution is -2.31. The van der Waals surface area contributed by atoms with E-state index in [2.05, 4.69) is 27.3 Å². The lowest BCUT2D eigenvalue weighted by Gasteiger charge is -2.25. The van der Waals surface area contributed by atoms with Crippen LogP contribution in [0.3, 0.4) is 0 Å². The van der Waals surface area contributed by atoms with Crippen molar-refractivity contribution in [1.82, 2.24) is 4.98 Å². The summed E-state index contributed by atoms with van der Waals surface area (Å²) in [5, 5.41) is 3.10. The highest BCUT2D eigenvalue weighted by Crippen LogP contribution is 2.50. The molecule has 0 radical (unpaired) electrons. The van der Waals surface area contributed by atoms with Crippen LogP contribution in [-0.2, 0) is 0 Å². The van der Waals surface area contributed by atoms with Gasteiger partial charge >= 0.3 is 0 Å². The van der Waals surface area contributed by atoms with Crippen molar-refractivity contribution in [2.24, 2.45) is 0 Å². The summed E-state index contributed by atoms with van der Waals surface area (Å²) in [7, 11) is 1.93. The van der Waals surface area contributed by atoms with Crippen molar-refractivity contribution in [1.29, 1.82) is 0 Å². The van der Waals surface area contributed by atoms with Crippen LogP contribution in [0.4, 0.5) is 11.5 Å². The van der Waals surface area contributed by atoms with Gasteiger partial charge in [0.1, 0.15) is 5.82 Å². The average molecular weight is 203 g/mol. The molecule has 1 aromatic heterocycles. The molecule has 0 bridgehead atoms. The second kappa shape index (κ2) is 3.12. The van der Waals surface area contributed by atoms with Gasteiger partial charge in [-0.2, -0.15) is 0 Å². The van der Waals surface area contributed by atoms with Crippen molar-refractivity contribution >= 4 is 11.5 Å². The van der Waals surface area contributed by atoms with Gasteiger partial charge in [-0.1, -0.05) is 0 Å². The van der Waals surface area contributed by atoms with E-state index < -0.39 is 0 Å². The van der Waals surface area contributed by atoms with Crippen LogP contribution in [-0.4, -0.2) is 24.1 Å². The molecule has 1 aliphatic carbocycles. The van der Waals surface area contributed by atoms with Crippen molar-refractivity contribution in [2.45, 2.75) is 31.2 Å². The maximum absolute atomic E-state index is 4.53. The zero-order valence-corrected chi connectivity index (χ0v) is 9.16. The SMILES string of the molecule is CNc1ccc(N2CCCC23CC3)nc1. The van der Waals surface area contributed by atoms with Gasteiger partial charge in [0.05, 0.1) is 11.9 Å². The molecule has 1 saturated carbocycles. The Kier molecular flexibility index (Phi) is 1.87. The molecule has 2 fully saturated rings. The Labute approximate surface area is 90.5 Å². The molecular weight excluding hydrogens is 186 g/mol. The summed E-state index contributed by atoms with van der Waals surface area (Å²) in [6.45, 7) is 1.19. The molecule has 2 heterocycles. The molecule has 0 atom stereocenters. The molecule has 1 aliphatic heterocycles. The van der Waals surface area contributed by atoms with E-state index in [0.717, 1.165) is 11.5 Å². The number of pyridine rings is 1. The Morgan fingerprint density at radius 1 is 1.33 bits per heavy atom. The fourth-order valence-electron chi connectivity index (χ4n) is 2.65. The summed E-state index contributed by atoms with van der Waals surface area (Å²) < 4.78 is 0. The van der Waals surface area contributed by atoms with E-state index in [1.54, 1.807) is 0 Å². The van der Waals surface area contributed by atoms with E-state index in [9.17, 15) is 0 Å². The maximum atomic E-state index is 4.53. The monoisotopic (exact) mass is 203 g/mol. The molecule has 1 aromatic rings. The number of hydrogen-bond acceptors (Lipinski definition) is 3. The first-order valence-corrected chi connectivity index (χ1v) is 5.76. The van der Waals surface area contributed by atoms with Crippen molar-refractivity contribution in [3.63, 3.8) is 0 Å². The van der Waals surface area contributed by atoms with Crippen LogP contribution in [0.1, 0.15) is 25.7 Å². The third-order valence-electron chi connectivity index (χ3n) is 3.74. The lowest BCUT2D eigenvalue weighted by atomic mass is 10.2. The predicted molar refractivity (Wildman–Crippen MR) is 62.3 cm³/mol. The highest BCUT2D eigenvalue weighted by molar-refractivity contribution is 5.52. The van der Waals surface area contributed by atoms with Crippen LogP contribution < -0.4 is 10.2 Å². The summed E-state index contributed by atoms with van der Waals surface area (Å²) in [4.78, 5) is 7.04. The lowest BCUT2D eigenvalue weighted by molar-refractivity contribution is 0.664. The molecule has 3 rings (SSSR count). The van der Waals surface area contributed by atoms with Crippen molar-refractivity contribution in [2.75, 3.05) is 23.8 Å². The highest BCUT2D eigenvalue weighted by Gasteiger charge is 2.51. The Hall–Kier alpha value is -1.25. The van der Waals surface area contributed by atoms with Gasteiger partial charge in [0.25, 0.3) is 0 Å². The minimum absolute atomic E-state index is 0.508. The first-order valence-electron chi connectivity index (χ1n) is 5.76. The van der Waals surface area contributed by atoms with E-state index in [1.807, 2.05) is 13.2 Å². The molecule has 3 nitrogen and oxygen atoms in total. The van der Waals surface area contributed by atoms with Gasteiger partial charge < -0.3 is 10.2 Å². The van der Waals surface area contributed by atoms with Crippen molar-refractivity contribution in [3.05, 3.63) is 18.3 Å². The summed E-state index contributed by atoms with van der Waals surface area (Å²) >= 11 is 0. The molecule has 0 amide bonds. The van der Waals surface area contributed by atoms with E-state index in [4.69, 9.17) is 0 Å². The average Bonchev–Trinajstić information content (AvgIpc) is 2.92. The quantitative estimate of drug-likeness (QED) is 0.799. The molecule has 0 aromatic carbocycles. The fraction of sp³-hybridized carbons (Fsp3) is 0.583.